The van der Waals surface area contributed by atoms with Gasteiger partial charge in [0.05, 0.1) is 0 Å². The maximum atomic E-state index is 5.59. The molecule has 0 aromatic heterocycles. The van der Waals surface area contributed by atoms with Gasteiger partial charge in [0, 0.05) is 0 Å². The minimum Gasteiger partial charge on any atom is -0.465 e. The van der Waals surface area contributed by atoms with Gasteiger partial charge < -0.3 is 8.23 Å². The van der Waals surface area contributed by atoms with Crippen molar-refractivity contribution in [1.82, 2.24) is 0 Å². The van der Waals surface area contributed by atoms with Crippen LogP contribution in [0.3, 0.4) is 0 Å². The van der Waals surface area contributed by atoms with E-state index < -0.39 is 18.1 Å². The molecule has 0 aliphatic heterocycles. The van der Waals surface area contributed by atoms with Gasteiger partial charge >= 0.3 is 0 Å². The summed E-state index contributed by atoms with van der Waals surface area (Å²) in [6.07, 6.45) is 0. The van der Waals surface area contributed by atoms with Crippen LogP contribution in [0.4, 0.5) is 0 Å². The van der Waals surface area contributed by atoms with Crippen LogP contribution >= 0.6 is 0 Å². The summed E-state index contributed by atoms with van der Waals surface area (Å²) < 4.78 is 11.6. The highest BCUT2D eigenvalue weighted by molar-refractivity contribution is 6.77. The fraction of sp³-hybridized carbons (Fsp3) is 1.00. The smallest absolute Gasteiger partial charge is 0.164 e. The number of rotatable bonds is 4. The highest BCUT2D eigenvalue weighted by Crippen LogP contribution is 2.31. The SMILES string of the molecule is C[SiH](O[SiH3])C(C)(C)[SiH](C)O[SiH3]. The molecule has 0 amide bonds. The molecule has 11 heavy (non-hydrogen) atoms. The van der Waals surface area contributed by atoms with Crippen molar-refractivity contribution in [2.45, 2.75) is 31.6 Å². The van der Waals surface area contributed by atoms with Crippen LogP contribution < -0.4 is 0 Å². The summed E-state index contributed by atoms with van der Waals surface area (Å²) in [6, 6.07) is 0. The molecule has 0 aliphatic rings. The lowest BCUT2D eigenvalue weighted by molar-refractivity contribution is 0.554. The van der Waals surface area contributed by atoms with Crippen LogP contribution in [0.25, 0.3) is 0 Å². The lowest BCUT2D eigenvalue weighted by Crippen LogP contribution is -2.40. The third-order valence-corrected chi connectivity index (χ3v) is 15.5. The third kappa shape index (κ3) is 2.96. The topological polar surface area (TPSA) is 18.5 Å². The highest BCUT2D eigenvalue weighted by atomic mass is 28.4. The Bertz CT molecular complexity index is 107. The molecule has 0 aliphatic carbocycles. The largest absolute Gasteiger partial charge is 0.465 e. The molecule has 68 valence electrons. The van der Waals surface area contributed by atoms with E-state index in [1.165, 1.54) is 0 Å². The predicted molar refractivity (Wildman–Crippen MR) is 62.1 cm³/mol. The number of hydrogen-bond donors (Lipinski definition) is 0. The van der Waals surface area contributed by atoms with Crippen LogP contribution in [-0.2, 0) is 8.23 Å². The molecule has 0 spiro atoms. The van der Waals surface area contributed by atoms with Crippen LogP contribution in [0.1, 0.15) is 13.8 Å². The Morgan fingerprint density at radius 1 is 1.00 bits per heavy atom. The maximum absolute atomic E-state index is 5.59. The Balaban J connectivity index is 4.18. The molecule has 6 heteroatoms. The molecule has 0 rings (SSSR count). The zero-order valence-electron chi connectivity index (χ0n) is 8.47. The Morgan fingerprint density at radius 3 is 1.45 bits per heavy atom. The molecule has 2 nitrogen and oxygen atoms in total. The van der Waals surface area contributed by atoms with Crippen LogP contribution in [0.5, 0.6) is 0 Å². The second-order valence-corrected chi connectivity index (χ2v) is 13.6. The van der Waals surface area contributed by atoms with E-state index in [1.807, 2.05) is 0 Å². The number of hydrogen-bond acceptors (Lipinski definition) is 2. The second-order valence-electron chi connectivity index (χ2n) is 3.58. The summed E-state index contributed by atoms with van der Waals surface area (Å²) in [5.74, 6) is 0. The molecule has 0 aromatic rings. The fourth-order valence-electron chi connectivity index (χ4n) is 0.938. The summed E-state index contributed by atoms with van der Waals surface area (Å²) >= 11 is 0. The Morgan fingerprint density at radius 2 is 1.27 bits per heavy atom. The van der Waals surface area contributed by atoms with E-state index in [0.29, 0.717) is 4.66 Å². The van der Waals surface area contributed by atoms with Crippen molar-refractivity contribution in [1.29, 1.82) is 0 Å². The Kier molecular flexibility index (Phi) is 5.06. The van der Waals surface area contributed by atoms with Crippen molar-refractivity contribution in [3.63, 3.8) is 0 Å². The van der Waals surface area contributed by atoms with E-state index in [1.54, 1.807) is 0 Å². The Labute approximate surface area is 79.2 Å². The normalized spacial score (nSPS) is 18.5. The summed E-state index contributed by atoms with van der Waals surface area (Å²) in [6.45, 7) is 9.21. The molecule has 0 saturated carbocycles. The van der Waals surface area contributed by atoms with Gasteiger partial charge in [-0.1, -0.05) is 13.8 Å². The molecule has 0 saturated heterocycles. The Hall–Kier alpha value is 0.788. The van der Waals surface area contributed by atoms with Crippen molar-refractivity contribution < 1.29 is 8.23 Å². The van der Waals surface area contributed by atoms with Gasteiger partial charge in [-0.2, -0.15) is 0 Å². The van der Waals surface area contributed by atoms with Crippen LogP contribution in [0, 0.1) is 0 Å². The summed E-state index contributed by atoms with van der Waals surface area (Å²) in [5, 5.41) is 0. The van der Waals surface area contributed by atoms with Gasteiger partial charge in [0.15, 0.2) is 18.1 Å². The first-order chi connectivity index (χ1) is 4.96. The van der Waals surface area contributed by atoms with E-state index in [-0.39, 0.29) is 0 Å². The average Bonchev–Trinajstić information content (AvgIpc) is 2.01. The van der Waals surface area contributed by atoms with Crippen LogP contribution in [0.2, 0.25) is 17.8 Å². The van der Waals surface area contributed by atoms with E-state index in [0.717, 1.165) is 21.0 Å². The van der Waals surface area contributed by atoms with E-state index in [9.17, 15) is 0 Å². The maximum Gasteiger partial charge on any atom is 0.164 e. The molecule has 0 bridgehead atoms. The van der Waals surface area contributed by atoms with E-state index in [4.69, 9.17) is 8.23 Å². The van der Waals surface area contributed by atoms with Crippen molar-refractivity contribution in [2.75, 3.05) is 0 Å². The lowest BCUT2D eigenvalue weighted by atomic mass is 10.5. The van der Waals surface area contributed by atoms with Crippen LogP contribution in [0.15, 0.2) is 0 Å². The molecule has 0 aromatic carbocycles. The van der Waals surface area contributed by atoms with Gasteiger partial charge in [-0.15, -0.1) is 0 Å². The molecule has 0 radical (unpaired) electrons. The summed E-state index contributed by atoms with van der Waals surface area (Å²) in [4.78, 5) is 0. The zero-order chi connectivity index (χ0) is 9.07. The van der Waals surface area contributed by atoms with Gasteiger partial charge in [-0.25, -0.2) is 0 Å². The summed E-state index contributed by atoms with van der Waals surface area (Å²) in [7, 11) is -0.107. The molecular formula is C5H20O2Si4. The average molecular weight is 225 g/mol. The molecular weight excluding hydrogens is 204 g/mol. The van der Waals surface area contributed by atoms with Crippen molar-refractivity contribution in [3.8, 4) is 0 Å². The van der Waals surface area contributed by atoms with Gasteiger partial charge in [-0.05, 0) is 17.8 Å². The molecule has 0 fully saturated rings. The van der Waals surface area contributed by atoms with E-state index >= 15 is 0 Å². The van der Waals surface area contributed by atoms with E-state index in [2.05, 4.69) is 26.9 Å². The minimum atomic E-state index is -0.945. The zero-order valence-corrected chi connectivity index (χ0v) is 14.8. The monoisotopic (exact) mass is 224 g/mol. The standard InChI is InChI=1S/C5H20O2Si4/c1-5(2,10(3)6-8)11(4)7-9/h10-11H,1-4,8-9H3. The third-order valence-electron chi connectivity index (χ3n) is 2.80. The minimum absolute atomic E-state index is 0.420. The van der Waals surface area contributed by atoms with Crippen LogP contribution in [-0.4, -0.2) is 39.1 Å². The molecule has 0 heterocycles. The first kappa shape index (κ1) is 11.8. The molecule has 0 N–H and O–H groups in total. The van der Waals surface area contributed by atoms with Gasteiger partial charge in [0.2, 0.25) is 0 Å². The molecule has 2 atom stereocenters. The quantitative estimate of drug-likeness (QED) is 0.548. The van der Waals surface area contributed by atoms with Gasteiger partial charge in [0.1, 0.15) is 21.0 Å². The lowest BCUT2D eigenvalue weighted by Gasteiger charge is -2.33. The van der Waals surface area contributed by atoms with Crippen molar-refractivity contribution in [3.05, 3.63) is 0 Å². The first-order valence-corrected chi connectivity index (χ1v) is 10.1. The molecule has 2 unspecified atom stereocenters. The van der Waals surface area contributed by atoms with Crippen molar-refractivity contribution in [2.24, 2.45) is 0 Å². The second kappa shape index (κ2) is 4.73. The van der Waals surface area contributed by atoms with Crippen molar-refractivity contribution >= 4 is 39.1 Å². The first-order valence-electron chi connectivity index (χ1n) is 4.02. The van der Waals surface area contributed by atoms with Gasteiger partial charge in [-0.3, -0.25) is 0 Å². The summed E-state index contributed by atoms with van der Waals surface area (Å²) in [5.41, 5.74) is 0. The predicted octanol–water partition coefficient (Wildman–Crippen LogP) is -1.39. The van der Waals surface area contributed by atoms with Gasteiger partial charge in [0.25, 0.3) is 0 Å². The fourth-order valence-corrected chi connectivity index (χ4v) is 10.9. The highest BCUT2D eigenvalue weighted by Gasteiger charge is 2.34.